The summed E-state index contributed by atoms with van der Waals surface area (Å²) >= 11 is 0. The van der Waals surface area contributed by atoms with Crippen LogP contribution in [0, 0.1) is 0 Å². The molecule has 3 amide bonds. The van der Waals surface area contributed by atoms with E-state index >= 15 is 0 Å². The molecule has 4 rings (SSSR count). The fraction of sp³-hybridized carbons (Fsp3) is 0.143. The molecule has 0 spiro atoms. The number of alkyl halides is 3. The van der Waals surface area contributed by atoms with Crippen molar-refractivity contribution < 1.29 is 37.3 Å². The highest BCUT2D eigenvalue weighted by Gasteiger charge is 2.31. The molecule has 3 aromatic rings. The van der Waals surface area contributed by atoms with Crippen LogP contribution >= 0.6 is 0 Å². The van der Waals surface area contributed by atoms with Crippen molar-refractivity contribution in [1.29, 1.82) is 0 Å². The molecule has 13 heteroatoms. The van der Waals surface area contributed by atoms with E-state index in [1.54, 1.807) is 0 Å². The summed E-state index contributed by atoms with van der Waals surface area (Å²) in [6, 6.07) is 9.53. The zero-order chi connectivity index (χ0) is 24.3. The number of hydrogen-bond acceptors (Lipinski definition) is 6. The third-order valence-electron chi connectivity index (χ3n) is 4.57. The average Bonchev–Trinajstić information content (AvgIpc) is 2.79. The van der Waals surface area contributed by atoms with Crippen molar-refractivity contribution in [3.63, 3.8) is 0 Å². The first-order chi connectivity index (χ1) is 16.2. The minimum absolute atomic E-state index is 0.0129. The van der Waals surface area contributed by atoms with Crippen LogP contribution in [0.3, 0.4) is 0 Å². The maximum Gasteiger partial charge on any atom is 0.416 e. The Labute approximate surface area is 190 Å². The number of anilines is 3. The Morgan fingerprint density at radius 1 is 1.06 bits per heavy atom. The van der Waals surface area contributed by atoms with Crippen LogP contribution in [-0.4, -0.2) is 40.4 Å². The molecule has 34 heavy (non-hydrogen) atoms. The molecule has 10 nitrogen and oxygen atoms in total. The molecular weight excluding hydrogens is 459 g/mol. The largest absolute Gasteiger partial charge is 0.483 e. The summed E-state index contributed by atoms with van der Waals surface area (Å²) in [5, 5.41) is 14.1. The molecule has 0 fully saturated rings. The van der Waals surface area contributed by atoms with Gasteiger partial charge in [0.05, 0.1) is 12.1 Å². The van der Waals surface area contributed by atoms with Gasteiger partial charge in [0.2, 0.25) is 5.75 Å². The molecule has 0 atom stereocenters. The van der Waals surface area contributed by atoms with Crippen LogP contribution in [0.4, 0.5) is 40.0 Å². The second kappa shape index (κ2) is 9.13. The number of urea groups is 1. The van der Waals surface area contributed by atoms with Crippen LogP contribution in [0.25, 0.3) is 0 Å². The third-order valence-corrected chi connectivity index (χ3v) is 4.57. The van der Waals surface area contributed by atoms with Crippen molar-refractivity contribution >= 4 is 29.3 Å². The lowest BCUT2D eigenvalue weighted by Crippen LogP contribution is -2.37. The lowest BCUT2D eigenvalue weighted by molar-refractivity contribution is -0.137. The maximum absolute atomic E-state index is 12.8. The SMILES string of the molecule is O=C(Nc1ccc(Oc2ncnc3c2OCCN3C(=O)O)cc1)Nc1cccc(C(F)(F)F)c1. The number of carbonyl (C=O) groups is 2. The zero-order valence-corrected chi connectivity index (χ0v) is 17.2. The summed E-state index contributed by atoms with van der Waals surface area (Å²) in [4.78, 5) is 32.5. The predicted octanol–water partition coefficient (Wildman–Crippen LogP) is 4.81. The van der Waals surface area contributed by atoms with Crippen LogP contribution in [0.2, 0.25) is 0 Å². The van der Waals surface area contributed by atoms with E-state index < -0.39 is 23.9 Å². The number of aromatic nitrogens is 2. The zero-order valence-electron chi connectivity index (χ0n) is 17.2. The van der Waals surface area contributed by atoms with Gasteiger partial charge in [-0.15, -0.1) is 0 Å². The quantitative estimate of drug-likeness (QED) is 0.494. The Kier molecular flexibility index (Phi) is 6.08. The van der Waals surface area contributed by atoms with Crippen molar-refractivity contribution in [2.75, 3.05) is 28.7 Å². The predicted molar refractivity (Wildman–Crippen MR) is 113 cm³/mol. The Morgan fingerprint density at radius 3 is 2.50 bits per heavy atom. The van der Waals surface area contributed by atoms with E-state index in [9.17, 15) is 27.9 Å². The van der Waals surface area contributed by atoms with E-state index in [1.807, 2.05) is 0 Å². The number of rotatable bonds is 4. The second-order valence-electron chi connectivity index (χ2n) is 6.90. The van der Waals surface area contributed by atoms with Crippen molar-refractivity contribution in [1.82, 2.24) is 9.97 Å². The van der Waals surface area contributed by atoms with Gasteiger partial charge in [0.15, 0.2) is 5.82 Å². The normalized spacial score (nSPS) is 12.9. The highest BCUT2D eigenvalue weighted by molar-refractivity contribution is 5.99. The molecule has 0 unspecified atom stereocenters. The molecule has 2 aromatic carbocycles. The van der Waals surface area contributed by atoms with E-state index in [-0.39, 0.29) is 36.3 Å². The first kappa shape index (κ1) is 22.6. The first-order valence-electron chi connectivity index (χ1n) is 9.72. The number of nitrogens with one attached hydrogen (secondary N) is 2. The Bertz CT molecular complexity index is 1220. The Balaban J connectivity index is 1.41. The van der Waals surface area contributed by atoms with Crippen molar-refractivity contribution in [2.45, 2.75) is 6.18 Å². The standard InChI is InChI=1S/C21H16F3N5O5/c22-21(23,24)12-2-1-3-14(10-12)28-19(30)27-13-4-6-15(7-5-13)34-18-16-17(25-11-26-18)29(20(31)32)8-9-33-16/h1-7,10-11H,8-9H2,(H,31,32)(H2,27,28,30). The molecule has 1 aromatic heterocycles. The van der Waals surface area contributed by atoms with Gasteiger partial charge in [0.1, 0.15) is 18.7 Å². The molecule has 2 heterocycles. The van der Waals surface area contributed by atoms with Gasteiger partial charge in [-0.25, -0.2) is 14.6 Å². The van der Waals surface area contributed by atoms with E-state index in [0.717, 1.165) is 23.4 Å². The van der Waals surface area contributed by atoms with Crippen LogP contribution in [0.1, 0.15) is 5.56 Å². The maximum atomic E-state index is 12.8. The first-order valence-corrected chi connectivity index (χ1v) is 9.72. The smallest absolute Gasteiger partial charge is 0.416 e. The van der Waals surface area contributed by atoms with Gasteiger partial charge in [0.25, 0.3) is 5.88 Å². The lowest BCUT2D eigenvalue weighted by Gasteiger charge is -2.26. The number of nitrogens with zero attached hydrogens (tertiary/aromatic N) is 3. The number of fused-ring (bicyclic) bond motifs is 1. The molecule has 1 aliphatic heterocycles. The van der Waals surface area contributed by atoms with Gasteiger partial charge >= 0.3 is 18.3 Å². The average molecular weight is 475 g/mol. The summed E-state index contributed by atoms with van der Waals surface area (Å²) in [7, 11) is 0. The Hall–Kier alpha value is -4.55. The lowest BCUT2D eigenvalue weighted by atomic mass is 10.2. The number of carboxylic acid groups (broad SMARTS) is 1. The van der Waals surface area contributed by atoms with E-state index in [1.165, 1.54) is 36.4 Å². The molecule has 0 saturated carbocycles. The van der Waals surface area contributed by atoms with E-state index in [2.05, 4.69) is 20.6 Å². The fourth-order valence-corrected chi connectivity index (χ4v) is 3.06. The van der Waals surface area contributed by atoms with Crippen molar-refractivity contribution in [2.24, 2.45) is 0 Å². The van der Waals surface area contributed by atoms with E-state index in [0.29, 0.717) is 11.4 Å². The number of halogens is 3. The van der Waals surface area contributed by atoms with Crippen LogP contribution in [0.5, 0.6) is 17.4 Å². The number of hydrogen-bond donors (Lipinski definition) is 3. The van der Waals surface area contributed by atoms with Gasteiger partial charge in [-0.05, 0) is 42.5 Å². The summed E-state index contributed by atoms with van der Waals surface area (Å²) < 4.78 is 49.6. The number of ether oxygens (including phenoxy) is 2. The second-order valence-corrected chi connectivity index (χ2v) is 6.90. The molecule has 176 valence electrons. The van der Waals surface area contributed by atoms with Gasteiger partial charge < -0.3 is 25.2 Å². The van der Waals surface area contributed by atoms with Crippen LogP contribution in [0.15, 0.2) is 54.9 Å². The molecule has 1 aliphatic rings. The third kappa shape index (κ3) is 5.09. The van der Waals surface area contributed by atoms with Gasteiger partial charge in [-0.3, -0.25) is 4.90 Å². The fourth-order valence-electron chi connectivity index (χ4n) is 3.06. The minimum Gasteiger partial charge on any atom is -0.483 e. The van der Waals surface area contributed by atoms with Gasteiger partial charge in [-0.2, -0.15) is 18.2 Å². The van der Waals surface area contributed by atoms with E-state index in [4.69, 9.17) is 9.47 Å². The minimum atomic E-state index is -4.52. The summed E-state index contributed by atoms with van der Waals surface area (Å²) in [6.45, 7) is 0.217. The van der Waals surface area contributed by atoms with Crippen LogP contribution < -0.4 is 25.0 Å². The van der Waals surface area contributed by atoms with Gasteiger partial charge in [-0.1, -0.05) is 6.07 Å². The van der Waals surface area contributed by atoms with Crippen molar-refractivity contribution in [3.8, 4) is 17.4 Å². The molecule has 0 aliphatic carbocycles. The summed E-state index contributed by atoms with van der Waals surface area (Å²) in [5.41, 5.74) is -0.555. The molecule has 3 N–H and O–H groups in total. The summed E-state index contributed by atoms with van der Waals surface area (Å²) in [6.07, 6.45) is -4.57. The summed E-state index contributed by atoms with van der Waals surface area (Å²) in [5.74, 6) is 0.465. The molecular formula is C21H16F3N5O5. The van der Waals surface area contributed by atoms with Crippen LogP contribution in [-0.2, 0) is 6.18 Å². The molecule has 0 radical (unpaired) electrons. The monoisotopic (exact) mass is 475 g/mol. The number of benzene rings is 2. The highest BCUT2D eigenvalue weighted by Crippen LogP contribution is 2.38. The van der Waals surface area contributed by atoms with Gasteiger partial charge in [0, 0.05) is 11.4 Å². The number of amides is 3. The number of carbonyl (C=O) groups excluding carboxylic acids is 1. The molecule has 0 saturated heterocycles. The van der Waals surface area contributed by atoms with Crippen molar-refractivity contribution in [3.05, 3.63) is 60.4 Å². The highest BCUT2D eigenvalue weighted by atomic mass is 19.4. The molecule has 0 bridgehead atoms. The Morgan fingerprint density at radius 2 is 1.79 bits per heavy atom. The topological polar surface area (TPSA) is 126 Å².